The van der Waals surface area contributed by atoms with Crippen LogP contribution in [0.3, 0.4) is 0 Å². The molecule has 0 aliphatic heterocycles. The maximum atomic E-state index is 14.1. The molecule has 0 saturated heterocycles. The van der Waals surface area contributed by atoms with E-state index in [0.717, 1.165) is 35.2 Å². The summed E-state index contributed by atoms with van der Waals surface area (Å²) in [4.78, 5) is 14.4. The number of pyridine rings is 1. The average molecular weight is 334 g/mol. The zero-order valence-corrected chi connectivity index (χ0v) is 13.9. The number of nitrogens with one attached hydrogen (secondary N) is 1. The van der Waals surface area contributed by atoms with Gasteiger partial charge in [0.2, 0.25) is 5.56 Å². The zero-order valence-electron chi connectivity index (χ0n) is 13.9. The van der Waals surface area contributed by atoms with E-state index in [0.29, 0.717) is 23.9 Å². The Labute approximate surface area is 137 Å². The molecule has 0 amide bonds. The van der Waals surface area contributed by atoms with Gasteiger partial charge in [-0.1, -0.05) is 0 Å². The Bertz CT molecular complexity index is 981. The number of aromatic amines is 1. The van der Waals surface area contributed by atoms with Crippen LogP contribution in [0.5, 0.6) is 0 Å². The molecular weight excluding hydrogens is 314 g/mol. The predicted molar refractivity (Wildman–Crippen MR) is 90.8 cm³/mol. The van der Waals surface area contributed by atoms with Crippen LogP contribution in [0.1, 0.15) is 30.2 Å². The van der Waals surface area contributed by atoms with Gasteiger partial charge in [-0.2, -0.15) is 0 Å². The molecule has 0 saturated carbocycles. The third-order valence-corrected chi connectivity index (χ3v) is 4.61. The Morgan fingerprint density at radius 1 is 1.25 bits per heavy atom. The number of aromatic nitrogens is 2. The van der Waals surface area contributed by atoms with E-state index < -0.39 is 11.5 Å². The molecule has 3 rings (SSSR count). The van der Waals surface area contributed by atoms with Gasteiger partial charge in [-0.3, -0.25) is 4.79 Å². The number of nitrogens with zero attached hydrogens (tertiary/aromatic N) is 1. The third-order valence-electron chi connectivity index (χ3n) is 4.61. The van der Waals surface area contributed by atoms with Crippen LogP contribution in [-0.4, -0.2) is 21.3 Å². The number of halogens is 2. The second kappa shape index (κ2) is 5.70. The molecule has 0 fully saturated rings. The maximum Gasteiger partial charge on any atom is 0.271 e. The van der Waals surface area contributed by atoms with E-state index >= 15 is 0 Å². The number of rotatable bonds is 4. The van der Waals surface area contributed by atoms with Crippen molar-refractivity contribution in [3.05, 3.63) is 45.4 Å². The smallest absolute Gasteiger partial charge is 0.271 e. The summed E-state index contributed by atoms with van der Waals surface area (Å²) in [5, 5.41) is 10.2. The first-order valence-corrected chi connectivity index (χ1v) is 7.90. The summed E-state index contributed by atoms with van der Waals surface area (Å²) in [6, 6.07) is 4.49. The Morgan fingerprint density at radius 2 is 1.96 bits per heavy atom. The Morgan fingerprint density at radius 3 is 2.58 bits per heavy atom. The van der Waals surface area contributed by atoms with Gasteiger partial charge in [0, 0.05) is 59.2 Å². The number of aliphatic hydroxyl groups is 1. The van der Waals surface area contributed by atoms with Crippen molar-refractivity contribution in [1.82, 2.24) is 9.55 Å². The van der Waals surface area contributed by atoms with Crippen molar-refractivity contribution >= 4 is 21.8 Å². The third kappa shape index (κ3) is 2.51. The topological polar surface area (TPSA) is 58.0 Å². The highest BCUT2D eigenvalue weighted by atomic mass is 19.3. The van der Waals surface area contributed by atoms with Gasteiger partial charge in [0.05, 0.1) is 0 Å². The van der Waals surface area contributed by atoms with Crippen LogP contribution in [0.15, 0.2) is 23.0 Å². The van der Waals surface area contributed by atoms with Crippen molar-refractivity contribution in [2.75, 3.05) is 6.61 Å². The molecule has 0 unspecified atom stereocenters. The van der Waals surface area contributed by atoms with E-state index in [1.165, 1.54) is 0 Å². The number of hydrogen-bond acceptors (Lipinski definition) is 2. The summed E-state index contributed by atoms with van der Waals surface area (Å²) >= 11 is 0. The standard InChI is InChI=1S/C18H20F2N2O2/c1-10-11(2)22(7-4-8-23)14-6-5-13-17(16(10)14)12(18(3,19)20)9-15(24)21-13/h5-6,9,23H,4,7-8H2,1-3H3,(H,21,24). The molecule has 1 aromatic carbocycles. The van der Waals surface area contributed by atoms with E-state index in [-0.39, 0.29) is 12.2 Å². The van der Waals surface area contributed by atoms with Crippen LogP contribution in [0.2, 0.25) is 0 Å². The molecular formula is C18H20F2N2O2. The minimum atomic E-state index is -3.12. The molecule has 0 aliphatic rings. The monoisotopic (exact) mass is 334 g/mol. The van der Waals surface area contributed by atoms with Crippen LogP contribution in [-0.2, 0) is 12.5 Å². The molecule has 24 heavy (non-hydrogen) atoms. The lowest BCUT2D eigenvalue weighted by molar-refractivity contribution is 0.0190. The van der Waals surface area contributed by atoms with Crippen LogP contribution in [0, 0.1) is 13.8 Å². The van der Waals surface area contributed by atoms with Crippen molar-refractivity contribution in [2.45, 2.75) is 39.7 Å². The summed E-state index contributed by atoms with van der Waals surface area (Å²) in [5.74, 6) is -3.12. The number of alkyl halides is 2. The fraction of sp³-hybridized carbons (Fsp3) is 0.389. The van der Waals surface area contributed by atoms with Crippen molar-refractivity contribution in [3.63, 3.8) is 0 Å². The summed E-state index contributed by atoms with van der Waals surface area (Å²) < 4.78 is 30.3. The van der Waals surface area contributed by atoms with E-state index in [4.69, 9.17) is 5.11 Å². The van der Waals surface area contributed by atoms with Crippen LogP contribution >= 0.6 is 0 Å². The van der Waals surface area contributed by atoms with Gasteiger partial charge < -0.3 is 14.7 Å². The Hall–Kier alpha value is -2.21. The van der Waals surface area contributed by atoms with Gasteiger partial charge in [-0.25, -0.2) is 8.78 Å². The van der Waals surface area contributed by atoms with E-state index in [2.05, 4.69) is 4.98 Å². The van der Waals surface area contributed by atoms with Crippen molar-refractivity contribution in [2.24, 2.45) is 0 Å². The second-order valence-corrected chi connectivity index (χ2v) is 6.26. The molecule has 3 aromatic rings. The normalized spacial score (nSPS) is 12.4. The highest BCUT2D eigenvalue weighted by Gasteiger charge is 2.29. The number of aryl methyl sites for hydroxylation is 2. The highest BCUT2D eigenvalue weighted by Crippen LogP contribution is 2.38. The molecule has 4 nitrogen and oxygen atoms in total. The molecule has 0 spiro atoms. The molecule has 0 bridgehead atoms. The molecule has 0 atom stereocenters. The van der Waals surface area contributed by atoms with Crippen molar-refractivity contribution in [3.8, 4) is 0 Å². The fourth-order valence-corrected chi connectivity index (χ4v) is 3.38. The second-order valence-electron chi connectivity index (χ2n) is 6.26. The SMILES string of the molecule is Cc1c(C)n(CCCO)c2ccc3[nH]c(=O)cc(C(C)(F)F)c3c12. The lowest BCUT2D eigenvalue weighted by Crippen LogP contribution is -2.15. The first kappa shape index (κ1) is 16.6. The molecule has 2 N–H and O–H groups in total. The lowest BCUT2D eigenvalue weighted by Gasteiger charge is -2.15. The van der Waals surface area contributed by atoms with E-state index in [9.17, 15) is 13.6 Å². The number of fused-ring (bicyclic) bond motifs is 3. The maximum absolute atomic E-state index is 14.1. The molecule has 128 valence electrons. The number of benzene rings is 1. The predicted octanol–water partition coefficient (Wildman–Crippen LogP) is 3.59. The van der Waals surface area contributed by atoms with Crippen LogP contribution in [0.4, 0.5) is 8.78 Å². The minimum Gasteiger partial charge on any atom is -0.396 e. The molecule has 0 radical (unpaired) electrons. The molecule has 2 heterocycles. The summed E-state index contributed by atoms with van der Waals surface area (Å²) in [5.41, 5.74) is 2.34. The van der Waals surface area contributed by atoms with Gasteiger partial charge >= 0.3 is 0 Å². The Kier molecular flexibility index (Phi) is 3.95. The Balaban J connectivity index is 2.49. The molecule has 2 aromatic heterocycles. The van der Waals surface area contributed by atoms with Gasteiger partial charge in [0.25, 0.3) is 5.92 Å². The zero-order chi connectivity index (χ0) is 17.6. The highest BCUT2D eigenvalue weighted by molar-refractivity contribution is 6.09. The quantitative estimate of drug-likeness (QED) is 0.766. The van der Waals surface area contributed by atoms with Gasteiger partial charge in [0.15, 0.2) is 0 Å². The minimum absolute atomic E-state index is 0.0668. The first-order chi connectivity index (χ1) is 11.3. The number of H-pyrrole nitrogens is 1. The first-order valence-electron chi connectivity index (χ1n) is 7.90. The molecule has 6 heteroatoms. The van der Waals surface area contributed by atoms with E-state index in [1.807, 2.05) is 24.5 Å². The van der Waals surface area contributed by atoms with Gasteiger partial charge in [0.1, 0.15) is 0 Å². The summed E-state index contributed by atoms with van der Waals surface area (Å²) in [7, 11) is 0. The largest absolute Gasteiger partial charge is 0.396 e. The van der Waals surface area contributed by atoms with Gasteiger partial charge in [-0.05, 0) is 38.0 Å². The molecule has 0 aliphatic carbocycles. The van der Waals surface area contributed by atoms with Crippen LogP contribution in [0.25, 0.3) is 21.8 Å². The lowest BCUT2D eigenvalue weighted by atomic mass is 9.99. The summed E-state index contributed by atoms with van der Waals surface area (Å²) in [6.07, 6.45) is 0.588. The van der Waals surface area contributed by atoms with Crippen LogP contribution < -0.4 is 5.56 Å². The summed E-state index contributed by atoms with van der Waals surface area (Å²) in [6.45, 7) is 5.32. The van der Waals surface area contributed by atoms with Gasteiger partial charge in [-0.15, -0.1) is 0 Å². The van der Waals surface area contributed by atoms with Crippen molar-refractivity contribution < 1.29 is 13.9 Å². The number of aliphatic hydroxyl groups excluding tert-OH is 1. The average Bonchev–Trinajstić information content (AvgIpc) is 2.75. The fourth-order valence-electron chi connectivity index (χ4n) is 3.38. The van der Waals surface area contributed by atoms with Crippen molar-refractivity contribution in [1.29, 1.82) is 0 Å². The number of hydrogen-bond donors (Lipinski definition) is 2. The van der Waals surface area contributed by atoms with E-state index in [1.54, 1.807) is 6.07 Å².